The van der Waals surface area contributed by atoms with Crippen molar-refractivity contribution in [2.24, 2.45) is 0 Å². The first kappa shape index (κ1) is 21.8. The van der Waals surface area contributed by atoms with E-state index in [1.165, 1.54) is 7.11 Å². The molecule has 1 amide bonds. The monoisotopic (exact) mass is 417 g/mol. The van der Waals surface area contributed by atoms with E-state index in [9.17, 15) is 18.0 Å². The molecule has 2 rings (SSSR count). The largest absolute Gasteiger partial charge is 0.491 e. The summed E-state index contributed by atoms with van der Waals surface area (Å²) >= 11 is 5.95. The Hall–Kier alpha value is -2.45. The van der Waals surface area contributed by atoms with Gasteiger partial charge in [0, 0.05) is 7.11 Å². The molecule has 0 atom stereocenters. The fraction of sp³-hybridized carbons (Fsp3) is 0.316. The summed E-state index contributed by atoms with van der Waals surface area (Å²) in [7, 11) is 1.47. The van der Waals surface area contributed by atoms with Gasteiger partial charge in [-0.25, -0.2) is 0 Å². The van der Waals surface area contributed by atoms with Gasteiger partial charge >= 0.3 is 6.18 Å². The predicted octanol–water partition coefficient (Wildman–Crippen LogP) is 4.79. The summed E-state index contributed by atoms with van der Waals surface area (Å²) < 4.78 is 54.5. The second-order valence-electron chi connectivity index (χ2n) is 5.63. The molecule has 2 aromatic rings. The lowest BCUT2D eigenvalue weighted by Gasteiger charge is -2.15. The summed E-state index contributed by atoms with van der Waals surface area (Å²) in [6, 6.07) is 9.63. The van der Waals surface area contributed by atoms with Gasteiger partial charge in [-0.1, -0.05) is 23.7 Å². The number of benzene rings is 2. The molecule has 9 heteroatoms. The Morgan fingerprint density at radius 1 is 1.04 bits per heavy atom. The van der Waals surface area contributed by atoms with Crippen molar-refractivity contribution in [3.8, 4) is 11.5 Å². The molecule has 0 saturated heterocycles. The van der Waals surface area contributed by atoms with Crippen LogP contribution in [0.5, 0.6) is 11.5 Å². The highest BCUT2D eigenvalue weighted by Crippen LogP contribution is 2.35. The van der Waals surface area contributed by atoms with Gasteiger partial charge in [0.1, 0.15) is 18.1 Å². The van der Waals surface area contributed by atoms with E-state index in [-0.39, 0.29) is 37.7 Å². The van der Waals surface area contributed by atoms with Crippen molar-refractivity contribution in [2.75, 3.05) is 32.2 Å². The Morgan fingerprint density at radius 2 is 1.75 bits per heavy atom. The number of ether oxygens (including phenoxy) is 3. The topological polar surface area (TPSA) is 56.8 Å². The molecule has 0 aliphatic heterocycles. The maximum Gasteiger partial charge on any atom is 0.416 e. The SMILES string of the molecule is COCCOc1ccc(C(F)(F)F)cc1NC(=O)CCOc1ccccc1Cl. The first-order valence-electron chi connectivity index (χ1n) is 8.31. The minimum Gasteiger partial charge on any atom is -0.491 e. The number of hydrogen-bond donors (Lipinski definition) is 1. The lowest BCUT2D eigenvalue weighted by atomic mass is 10.1. The molecule has 0 fully saturated rings. The van der Waals surface area contributed by atoms with Crippen LogP contribution in [0, 0.1) is 0 Å². The molecule has 0 aromatic heterocycles. The van der Waals surface area contributed by atoms with Crippen molar-refractivity contribution in [1.82, 2.24) is 0 Å². The van der Waals surface area contributed by atoms with Crippen LogP contribution in [0.15, 0.2) is 42.5 Å². The molecular weight excluding hydrogens is 399 g/mol. The molecule has 0 unspecified atom stereocenters. The summed E-state index contributed by atoms with van der Waals surface area (Å²) in [6.45, 7) is 0.384. The van der Waals surface area contributed by atoms with Gasteiger partial charge in [-0.2, -0.15) is 13.2 Å². The van der Waals surface area contributed by atoms with Gasteiger partial charge in [-0.3, -0.25) is 4.79 Å². The number of para-hydroxylation sites is 1. The maximum absolute atomic E-state index is 13.0. The average Bonchev–Trinajstić information content (AvgIpc) is 2.64. The van der Waals surface area contributed by atoms with Crippen LogP contribution in [0.2, 0.25) is 5.02 Å². The van der Waals surface area contributed by atoms with Crippen LogP contribution in [0.1, 0.15) is 12.0 Å². The first-order chi connectivity index (χ1) is 13.3. The fourth-order valence-electron chi connectivity index (χ4n) is 2.19. The summed E-state index contributed by atoms with van der Waals surface area (Å²) in [4.78, 5) is 12.1. The summed E-state index contributed by atoms with van der Waals surface area (Å²) in [5.41, 5.74) is -0.970. The molecule has 0 spiro atoms. The zero-order valence-electron chi connectivity index (χ0n) is 15.0. The minimum absolute atomic E-state index is 0.00833. The van der Waals surface area contributed by atoms with Gasteiger partial charge in [0.2, 0.25) is 5.91 Å². The van der Waals surface area contributed by atoms with Gasteiger partial charge in [0.15, 0.2) is 0 Å². The van der Waals surface area contributed by atoms with Crippen LogP contribution in [0.25, 0.3) is 0 Å². The molecule has 2 aromatic carbocycles. The first-order valence-corrected chi connectivity index (χ1v) is 8.69. The summed E-state index contributed by atoms with van der Waals surface area (Å²) in [5.74, 6) is 0.00742. The van der Waals surface area contributed by atoms with Crippen molar-refractivity contribution < 1.29 is 32.2 Å². The molecule has 1 N–H and O–H groups in total. The van der Waals surface area contributed by atoms with E-state index in [0.717, 1.165) is 18.2 Å². The highest BCUT2D eigenvalue weighted by Gasteiger charge is 2.31. The Morgan fingerprint density at radius 3 is 2.43 bits per heavy atom. The number of carbonyl (C=O) groups excluding carboxylic acids is 1. The number of alkyl halides is 3. The second-order valence-corrected chi connectivity index (χ2v) is 6.03. The number of rotatable bonds is 9. The Balaban J connectivity index is 2.02. The number of hydrogen-bond acceptors (Lipinski definition) is 4. The molecule has 0 radical (unpaired) electrons. The van der Waals surface area contributed by atoms with E-state index in [4.69, 9.17) is 25.8 Å². The normalized spacial score (nSPS) is 11.2. The molecule has 0 bridgehead atoms. The molecule has 0 aliphatic rings. The number of halogens is 4. The van der Waals surface area contributed by atoms with Crippen molar-refractivity contribution in [1.29, 1.82) is 0 Å². The van der Waals surface area contributed by atoms with Crippen LogP contribution >= 0.6 is 11.6 Å². The Bertz CT molecular complexity index is 799. The Kier molecular flexibility index (Phi) is 7.95. The van der Waals surface area contributed by atoms with Crippen LogP contribution in [0.4, 0.5) is 18.9 Å². The highest BCUT2D eigenvalue weighted by atomic mass is 35.5. The number of anilines is 1. The molecule has 0 heterocycles. The van der Waals surface area contributed by atoms with Crippen LogP contribution < -0.4 is 14.8 Å². The van der Waals surface area contributed by atoms with Crippen molar-refractivity contribution >= 4 is 23.2 Å². The van der Waals surface area contributed by atoms with Crippen LogP contribution in [-0.4, -0.2) is 32.8 Å². The Labute approximate surface area is 165 Å². The third-order valence-corrected chi connectivity index (χ3v) is 3.86. The van der Waals surface area contributed by atoms with Gasteiger partial charge in [0.25, 0.3) is 0 Å². The predicted molar refractivity (Wildman–Crippen MR) is 99.0 cm³/mol. The number of carbonyl (C=O) groups is 1. The van der Waals surface area contributed by atoms with Gasteiger partial charge in [0.05, 0.1) is 35.9 Å². The lowest BCUT2D eigenvalue weighted by molar-refractivity contribution is -0.137. The third-order valence-electron chi connectivity index (χ3n) is 3.55. The smallest absolute Gasteiger partial charge is 0.416 e. The molecular formula is C19H19ClF3NO4. The minimum atomic E-state index is -4.54. The quantitative estimate of drug-likeness (QED) is 0.596. The van der Waals surface area contributed by atoms with Crippen LogP contribution in [-0.2, 0) is 15.7 Å². The number of nitrogens with one attached hydrogen (secondary N) is 1. The molecule has 0 saturated carbocycles. The van der Waals surface area contributed by atoms with Crippen molar-refractivity contribution in [3.05, 3.63) is 53.1 Å². The molecule has 0 aliphatic carbocycles. The van der Waals surface area contributed by atoms with Crippen LogP contribution in [0.3, 0.4) is 0 Å². The zero-order valence-corrected chi connectivity index (χ0v) is 15.8. The van der Waals surface area contributed by atoms with Crippen molar-refractivity contribution in [2.45, 2.75) is 12.6 Å². The maximum atomic E-state index is 13.0. The van der Waals surface area contributed by atoms with Gasteiger partial charge < -0.3 is 19.5 Å². The number of methoxy groups -OCH3 is 1. The average molecular weight is 418 g/mol. The van der Waals surface area contributed by atoms with Crippen molar-refractivity contribution in [3.63, 3.8) is 0 Å². The van der Waals surface area contributed by atoms with E-state index in [2.05, 4.69) is 5.32 Å². The summed E-state index contributed by atoms with van der Waals surface area (Å²) in [6.07, 6.45) is -4.63. The summed E-state index contributed by atoms with van der Waals surface area (Å²) in [5, 5.41) is 2.83. The van der Waals surface area contributed by atoms with E-state index in [1.54, 1.807) is 24.3 Å². The van der Waals surface area contributed by atoms with Gasteiger partial charge in [-0.05, 0) is 30.3 Å². The van der Waals surface area contributed by atoms with E-state index >= 15 is 0 Å². The second kappa shape index (κ2) is 10.2. The lowest BCUT2D eigenvalue weighted by Crippen LogP contribution is -2.17. The molecule has 152 valence electrons. The third kappa shape index (κ3) is 6.61. The van der Waals surface area contributed by atoms with E-state index in [0.29, 0.717) is 10.8 Å². The van der Waals surface area contributed by atoms with E-state index < -0.39 is 17.6 Å². The molecule has 5 nitrogen and oxygen atoms in total. The van der Waals surface area contributed by atoms with Gasteiger partial charge in [-0.15, -0.1) is 0 Å². The fourth-order valence-corrected chi connectivity index (χ4v) is 2.38. The standard InChI is InChI=1S/C19H19ClF3NO4/c1-26-10-11-28-17-7-6-13(19(21,22)23)12-15(17)24-18(25)8-9-27-16-5-3-2-4-14(16)20/h2-7,12H,8-11H2,1H3,(H,24,25). The number of amides is 1. The highest BCUT2D eigenvalue weighted by molar-refractivity contribution is 6.32. The molecule has 28 heavy (non-hydrogen) atoms. The van der Waals surface area contributed by atoms with E-state index in [1.807, 2.05) is 0 Å². The zero-order chi connectivity index (χ0) is 20.6.